The molecule has 70 valence electrons. The predicted octanol–water partition coefficient (Wildman–Crippen LogP) is 3.17. The van der Waals surface area contributed by atoms with Crippen molar-refractivity contribution in [1.29, 1.82) is 0 Å². The first-order valence-electron chi connectivity index (χ1n) is 4.79. The SMILES string of the molecule is CC(C)CCC1CCC(Br)C1=O. The average molecular weight is 233 g/mol. The fraction of sp³-hybridized carbons (Fsp3) is 0.900. The molecule has 0 saturated heterocycles. The lowest BCUT2D eigenvalue weighted by Gasteiger charge is -2.09. The standard InChI is InChI=1S/C10H17BrO/c1-7(2)3-4-8-5-6-9(11)10(8)12/h7-9H,3-6H2,1-2H3. The van der Waals surface area contributed by atoms with E-state index in [1.54, 1.807) is 0 Å². The molecule has 12 heavy (non-hydrogen) atoms. The molecule has 2 atom stereocenters. The minimum atomic E-state index is 0.162. The van der Waals surface area contributed by atoms with E-state index in [1.807, 2.05) is 0 Å². The number of Topliss-reactive ketones (excluding diaryl/α,β-unsaturated/α-hetero) is 1. The number of hydrogen-bond acceptors (Lipinski definition) is 1. The van der Waals surface area contributed by atoms with E-state index in [9.17, 15) is 4.79 Å². The van der Waals surface area contributed by atoms with Crippen molar-refractivity contribution in [2.24, 2.45) is 11.8 Å². The summed E-state index contributed by atoms with van der Waals surface area (Å²) in [7, 11) is 0. The molecular weight excluding hydrogens is 216 g/mol. The quantitative estimate of drug-likeness (QED) is 0.684. The highest BCUT2D eigenvalue weighted by molar-refractivity contribution is 9.10. The molecule has 1 rings (SSSR count). The van der Waals surface area contributed by atoms with Gasteiger partial charge in [-0.25, -0.2) is 0 Å². The highest BCUT2D eigenvalue weighted by atomic mass is 79.9. The van der Waals surface area contributed by atoms with Crippen LogP contribution in [0.3, 0.4) is 0 Å². The van der Waals surface area contributed by atoms with Crippen LogP contribution in [0.1, 0.15) is 39.5 Å². The van der Waals surface area contributed by atoms with Gasteiger partial charge in [0.1, 0.15) is 5.78 Å². The zero-order chi connectivity index (χ0) is 9.14. The Morgan fingerprint density at radius 2 is 2.17 bits per heavy atom. The maximum absolute atomic E-state index is 11.5. The van der Waals surface area contributed by atoms with Gasteiger partial charge in [0.2, 0.25) is 0 Å². The van der Waals surface area contributed by atoms with Gasteiger partial charge in [-0.2, -0.15) is 0 Å². The maximum Gasteiger partial charge on any atom is 0.149 e. The molecule has 0 aromatic carbocycles. The molecule has 0 amide bonds. The van der Waals surface area contributed by atoms with E-state index in [2.05, 4.69) is 29.8 Å². The first kappa shape index (κ1) is 10.2. The molecule has 2 heteroatoms. The van der Waals surface area contributed by atoms with Crippen molar-refractivity contribution in [3.05, 3.63) is 0 Å². The van der Waals surface area contributed by atoms with Crippen LogP contribution in [0.15, 0.2) is 0 Å². The third-order valence-corrected chi connectivity index (χ3v) is 3.48. The number of alkyl halides is 1. The molecule has 2 unspecified atom stereocenters. The Balaban J connectivity index is 2.30. The van der Waals surface area contributed by atoms with Gasteiger partial charge >= 0.3 is 0 Å². The Bertz CT molecular complexity index is 165. The Morgan fingerprint density at radius 3 is 2.58 bits per heavy atom. The van der Waals surface area contributed by atoms with Crippen LogP contribution in [0.25, 0.3) is 0 Å². The van der Waals surface area contributed by atoms with Gasteiger partial charge in [-0.1, -0.05) is 36.2 Å². The zero-order valence-electron chi connectivity index (χ0n) is 7.85. The normalized spacial score (nSPS) is 30.2. The van der Waals surface area contributed by atoms with Crippen LogP contribution in [-0.2, 0) is 4.79 Å². The summed E-state index contributed by atoms with van der Waals surface area (Å²) in [4.78, 5) is 11.6. The first-order valence-corrected chi connectivity index (χ1v) is 5.70. The number of carbonyl (C=O) groups is 1. The van der Waals surface area contributed by atoms with Crippen LogP contribution in [0.2, 0.25) is 0 Å². The maximum atomic E-state index is 11.5. The van der Waals surface area contributed by atoms with E-state index in [-0.39, 0.29) is 4.83 Å². The van der Waals surface area contributed by atoms with Gasteiger partial charge < -0.3 is 0 Å². The summed E-state index contributed by atoms with van der Waals surface area (Å²) in [6.45, 7) is 4.43. The predicted molar refractivity (Wildman–Crippen MR) is 54.5 cm³/mol. The lowest BCUT2D eigenvalue weighted by Crippen LogP contribution is -2.13. The minimum Gasteiger partial charge on any atom is -0.298 e. The van der Waals surface area contributed by atoms with Crippen LogP contribution in [0, 0.1) is 11.8 Å². The van der Waals surface area contributed by atoms with Gasteiger partial charge in [0, 0.05) is 5.92 Å². The molecule has 1 fully saturated rings. The van der Waals surface area contributed by atoms with E-state index in [1.165, 1.54) is 6.42 Å². The van der Waals surface area contributed by atoms with Crippen molar-refractivity contribution in [1.82, 2.24) is 0 Å². The molecule has 0 radical (unpaired) electrons. The van der Waals surface area contributed by atoms with Gasteiger partial charge in [-0.05, 0) is 25.2 Å². The molecule has 0 aromatic heterocycles. The van der Waals surface area contributed by atoms with E-state index in [0.29, 0.717) is 11.7 Å². The zero-order valence-corrected chi connectivity index (χ0v) is 9.43. The molecule has 0 N–H and O–H groups in total. The van der Waals surface area contributed by atoms with Gasteiger partial charge in [-0.3, -0.25) is 4.79 Å². The summed E-state index contributed by atoms with van der Waals surface area (Å²) in [6, 6.07) is 0. The van der Waals surface area contributed by atoms with E-state index < -0.39 is 0 Å². The molecule has 1 nitrogen and oxygen atoms in total. The highest BCUT2D eigenvalue weighted by Crippen LogP contribution is 2.31. The summed E-state index contributed by atoms with van der Waals surface area (Å²) in [5, 5.41) is 0. The molecule has 0 bridgehead atoms. The summed E-state index contributed by atoms with van der Waals surface area (Å²) in [5.41, 5.74) is 0. The number of carbonyl (C=O) groups excluding carboxylic acids is 1. The number of hydrogen-bond donors (Lipinski definition) is 0. The molecule has 0 aliphatic heterocycles. The number of halogens is 1. The lowest BCUT2D eigenvalue weighted by atomic mass is 9.96. The van der Waals surface area contributed by atoms with Crippen LogP contribution in [-0.4, -0.2) is 10.6 Å². The number of ketones is 1. The Hall–Kier alpha value is 0.150. The fourth-order valence-electron chi connectivity index (χ4n) is 1.71. The molecule has 0 heterocycles. The van der Waals surface area contributed by atoms with Crippen LogP contribution in [0.4, 0.5) is 0 Å². The molecule has 0 spiro atoms. The van der Waals surface area contributed by atoms with Crippen molar-refractivity contribution < 1.29 is 4.79 Å². The third kappa shape index (κ3) is 2.58. The van der Waals surface area contributed by atoms with Crippen molar-refractivity contribution in [2.45, 2.75) is 44.4 Å². The summed E-state index contributed by atoms with van der Waals surface area (Å²) in [6.07, 6.45) is 4.43. The second kappa shape index (κ2) is 4.40. The van der Waals surface area contributed by atoms with Crippen molar-refractivity contribution in [3.63, 3.8) is 0 Å². The average Bonchev–Trinajstić information content (AvgIpc) is 2.30. The van der Waals surface area contributed by atoms with Crippen molar-refractivity contribution in [2.75, 3.05) is 0 Å². The smallest absolute Gasteiger partial charge is 0.149 e. The Morgan fingerprint density at radius 1 is 1.50 bits per heavy atom. The second-order valence-corrected chi connectivity index (χ2v) is 5.22. The molecule has 0 aromatic rings. The molecule has 1 aliphatic carbocycles. The first-order chi connectivity index (χ1) is 5.61. The highest BCUT2D eigenvalue weighted by Gasteiger charge is 2.31. The monoisotopic (exact) mass is 232 g/mol. The van der Waals surface area contributed by atoms with Gasteiger partial charge in [0.05, 0.1) is 4.83 Å². The second-order valence-electron chi connectivity index (χ2n) is 4.12. The lowest BCUT2D eigenvalue weighted by molar-refractivity contribution is -0.120. The summed E-state index contributed by atoms with van der Waals surface area (Å²) >= 11 is 3.40. The largest absolute Gasteiger partial charge is 0.298 e. The van der Waals surface area contributed by atoms with Crippen LogP contribution >= 0.6 is 15.9 Å². The van der Waals surface area contributed by atoms with Crippen LogP contribution < -0.4 is 0 Å². The minimum absolute atomic E-state index is 0.162. The van der Waals surface area contributed by atoms with E-state index >= 15 is 0 Å². The molecule has 1 aliphatic rings. The molecular formula is C10H17BrO. The molecule has 1 saturated carbocycles. The summed E-state index contributed by atoms with van der Waals surface area (Å²) < 4.78 is 0. The van der Waals surface area contributed by atoms with Crippen molar-refractivity contribution in [3.8, 4) is 0 Å². The number of rotatable bonds is 3. The van der Waals surface area contributed by atoms with Crippen LogP contribution in [0.5, 0.6) is 0 Å². The third-order valence-electron chi connectivity index (χ3n) is 2.57. The van der Waals surface area contributed by atoms with Gasteiger partial charge in [0.25, 0.3) is 0 Å². The Labute approximate surface area is 83.0 Å². The summed E-state index contributed by atoms with van der Waals surface area (Å²) in [5.74, 6) is 1.53. The van der Waals surface area contributed by atoms with E-state index in [0.717, 1.165) is 25.2 Å². The topological polar surface area (TPSA) is 17.1 Å². The van der Waals surface area contributed by atoms with E-state index in [4.69, 9.17) is 0 Å². The van der Waals surface area contributed by atoms with Gasteiger partial charge in [0.15, 0.2) is 0 Å². The Kier molecular flexibility index (Phi) is 3.76. The van der Waals surface area contributed by atoms with Crippen molar-refractivity contribution >= 4 is 21.7 Å². The van der Waals surface area contributed by atoms with Gasteiger partial charge in [-0.15, -0.1) is 0 Å². The fourth-order valence-corrected chi connectivity index (χ4v) is 2.35.